The predicted octanol–water partition coefficient (Wildman–Crippen LogP) is 5.09. The van der Waals surface area contributed by atoms with Gasteiger partial charge in [0, 0.05) is 17.6 Å². The highest BCUT2D eigenvalue weighted by molar-refractivity contribution is 7.99. The van der Waals surface area contributed by atoms with Gasteiger partial charge in [0.05, 0.1) is 20.8 Å². The summed E-state index contributed by atoms with van der Waals surface area (Å²) >= 11 is 1.65. The molecule has 1 fully saturated rings. The van der Waals surface area contributed by atoms with Gasteiger partial charge in [0.2, 0.25) is 0 Å². The fraction of sp³-hybridized carbons (Fsp3) is 0.792. The number of hydrogen-bond donors (Lipinski definition) is 0. The fourth-order valence-corrected chi connectivity index (χ4v) is 5.27. The highest BCUT2D eigenvalue weighted by Crippen LogP contribution is 2.46. The van der Waals surface area contributed by atoms with E-state index in [1.807, 2.05) is 6.26 Å². The number of ether oxygens (including phenoxy) is 3. The van der Waals surface area contributed by atoms with Gasteiger partial charge in [0.15, 0.2) is 5.41 Å². The van der Waals surface area contributed by atoms with Crippen LogP contribution in [0.1, 0.15) is 78.1 Å². The Kier molecular flexibility index (Phi) is 12.9. The lowest BCUT2D eigenvalue weighted by Crippen LogP contribution is -2.45. The number of allylic oxidation sites excluding steroid dienone is 1. The molecule has 1 heterocycles. The first-order valence-electron chi connectivity index (χ1n) is 11.4. The van der Waals surface area contributed by atoms with E-state index in [-0.39, 0.29) is 23.7 Å². The van der Waals surface area contributed by atoms with Crippen molar-refractivity contribution in [3.05, 3.63) is 11.6 Å². The number of hydrogen-bond acceptors (Lipinski definition) is 7. The molecule has 0 amide bonds. The SMILES string of the molecule is CCCCC/C(C)=C/C(SC)C1COC(=O)C1(CCCCCCC(=O)OC)C(=O)OC. The maximum atomic E-state index is 12.9. The first kappa shape index (κ1) is 27.5. The Balaban J connectivity index is 2.90. The largest absolute Gasteiger partial charge is 0.469 e. The summed E-state index contributed by atoms with van der Waals surface area (Å²) in [5.74, 6) is -1.42. The van der Waals surface area contributed by atoms with Crippen LogP contribution in [0.5, 0.6) is 0 Å². The summed E-state index contributed by atoms with van der Waals surface area (Å²) in [4.78, 5) is 37.0. The summed E-state index contributed by atoms with van der Waals surface area (Å²) in [5.41, 5.74) is 0.0269. The molecule has 7 heteroatoms. The molecule has 1 rings (SSSR count). The summed E-state index contributed by atoms with van der Waals surface area (Å²) in [6.45, 7) is 4.55. The number of methoxy groups -OCH3 is 2. The van der Waals surface area contributed by atoms with Gasteiger partial charge < -0.3 is 14.2 Å². The molecule has 0 aliphatic carbocycles. The van der Waals surface area contributed by atoms with Crippen LogP contribution in [0, 0.1) is 11.3 Å². The number of carbonyl (C=O) groups is 3. The molecule has 1 saturated heterocycles. The third kappa shape index (κ3) is 7.85. The number of unbranched alkanes of at least 4 members (excludes halogenated alkanes) is 5. The second-order valence-electron chi connectivity index (χ2n) is 8.33. The standard InChI is InChI=1S/C24H40O6S/c1-6-7-10-13-18(2)16-20(31-5)19-17-30-23(27)24(19,22(26)29-4)15-12-9-8-11-14-21(25)28-3/h16,19-20H,6-15,17H2,1-5H3/b18-16+. The zero-order valence-corrected chi connectivity index (χ0v) is 20.7. The molecule has 0 radical (unpaired) electrons. The van der Waals surface area contributed by atoms with Crippen LogP contribution in [-0.4, -0.2) is 50.2 Å². The number of carbonyl (C=O) groups excluding carboxylic acids is 3. The highest BCUT2D eigenvalue weighted by Gasteiger charge is 2.60. The van der Waals surface area contributed by atoms with Gasteiger partial charge in [-0.2, -0.15) is 11.8 Å². The average molecular weight is 457 g/mol. The lowest BCUT2D eigenvalue weighted by molar-refractivity contribution is -0.165. The Morgan fingerprint density at radius 1 is 1.13 bits per heavy atom. The molecule has 3 atom stereocenters. The monoisotopic (exact) mass is 456 g/mol. The molecular formula is C24H40O6S. The second-order valence-corrected chi connectivity index (χ2v) is 9.34. The van der Waals surface area contributed by atoms with Crippen molar-refractivity contribution in [3.63, 3.8) is 0 Å². The van der Waals surface area contributed by atoms with Crippen molar-refractivity contribution in [1.29, 1.82) is 0 Å². The Hall–Kier alpha value is -1.50. The van der Waals surface area contributed by atoms with Gasteiger partial charge in [-0.25, -0.2) is 0 Å². The van der Waals surface area contributed by atoms with Crippen molar-refractivity contribution in [2.45, 2.75) is 83.3 Å². The van der Waals surface area contributed by atoms with Gasteiger partial charge in [0.1, 0.15) is 0 Å². The third-order valence-electron chi connectivity index (χ3n) is 6.16. The molecular weight excluding hydrogens is 416 g/mol. The van der Waals surface area contributed by atoms with E-state index >= 15 is 0 Å². The summed E-state index contributed by atoms with van der Waals surface area (Å²) < 4.78 is 15.2. The van der Waals surface area contributed by atoms with Crippen molar-refractivity contribution < 1.29 is 28.6 Å². The fourth-order valence-electron chi connectivity index (χ4n) is 4.26. The van der Waals surface area contributed by atoms with Gasteiger partial charge >= 0.3 is 17.9 Å². The highest BCUT2D eigenvalue weighted by atomic mass is 32.2. The number of cyclic esters (lactones) is 1. The quantitative estimate of drug-likeness (QED) is 0.112. The minimum Gasteiger partial charge on any atom is -0.469 e. The van der Waals surface area contributed by atoms with Crippen LogP contribution in [0.2, 0.25) is 0 Å². The van der Waals surface area contributed by atoms with Crippen LogP contribution >= 0.6 is 11.8 Å². The first-order valence-corrected chi connectivity index (χ1v) is 12.7. The van der Waals surface area contributed by atoms with Gasteiger partial charge in [-0.1, -0.05) is 50.7 Å². The van der Waals surface area contributed by atoms with Crippen molar-refractivity contribution in [1.82, 2.24) is 0 Å². The Bertz CT molecular complexity index is 617. The summed E-state index contributed by atoms with van der Waals surface area (Å²) in [5, 5.41) is 0.00602. The zero-order valence-electron chi connectivity index (χ0n) is 19.9. The lowest BCUT2D eigenvalue weighted by Gasteiger charge is -2.32. The maximum Gasteiger partial charge on any atom is 0.323 e. The zero-order chi connectivity index (χ0) is 23.3. The van der Waals surface area contributed by atoms with Gasteiger partial charge in [-0.05, 0) is 38.9 Å². The number of thioether (sulfide) groups is 1. The molecule has 0 saturated carbocycles. The van der Waals surface area contributed by atoms with Crippen molar-refractivity contribution in [2.24, 2.45) is 11.3 Å². The van der Waals surface area contributed by atoms with Crippen molar-refractivity contribution in [2.75, 3.05) is 27.1 Å². The summed E-state index contributed by atoms with van der Waals surface area (Å²) in [6, 6.07) is 0. The number of rotatable bonds is 15. The average Bonchev–Trinajstić information content (AvgIpc) is 3.10. The van der Waals surface area contributed by atoms with E-state index < -0.39 is 17.4 Å². The van der Waals surface area contributed by atoms with Crippen LogP contribution in [-0.2, 0) is 28.6 Å². The van der Waals surface area contributed by atoms with E-state index in [1.165, 1.54) is 32.6 Å². The molecule has 178 valence electrons. The minimum absolute atomic E-state index is 0.00602. The van der Waals surface area contributed by atoms with Crippen LogP contribution in [0.4, 0.5) is 0 Å². The Morgan fingerprint density at radius 2 is 1.81 bits per heavy atom. The second kappa shape index (κ2) is 14.5. The van der Waals surface area contributed by atoms with E-state index in [1.54, 1.807) is 11.8 Å². The minimum atomic E-state index is -1.26. The third-order valence-corrected chi connectivity index (χ3v) is 7.17. The van der Waals surface area contributed by atoms with E-state index in [2.05, 4.69) is 24.7 Å². The van der Waals surface area contributed by atoms with Crippen molar-refractivity contribution in [3.8, 4) is 0 Å². The maximum absolute atomic E-state index is 12.9. The molecule has 0 N–H and O–H groups in total. The van der Waals surface area contributed by atoms with E-state index in [0.717, 1.165) is 32.1 Å². The molecule has 6 nitrogen and oxygen atoms in total. The lowest BCUT2D eigenvalue weighted by atomic mass is 9.71. The molecule has 0 aromatic carbocycles. The summed E-state index contributed by atoms with van der Waals surface area (Å²) in [6.07, 6.45) is 12.7. The topological polar surface area (TPSA) is 78.9 Å². The molecule has 31 heavy (non-hydrogen) atoms. The molecule has 1 aliphatic rings. The van der Waals surface area contributed by atoms with Crippen molar-refractivity contribution >= 4 is 29.7 Å². The Morgan fingerprint density at radius 3 is 2.42 bits per heavy atom. The van der Waals surface area contributed by atoms with Gasteiger partial charge in [-0.15, -0.1) is 0 Å². The molecule has 3 unspecified atom stereocenters. The molecule has 0 bridgehead atoms. The van der Waals surface area contributed by atoms with Crippen LogP contribution in [0.25, 0.3) is 0 Å². The van der Waals surface area contributed by atoms with Gasteiger partial charge in [-0.3, -0.25) is 14.4 Å². The van der Waals surface area contributed by atoms with Crippen LogP contribution in [0.15, 0.2) is 11.6 Å². The predicted molar refractivity (Wildman–Crippen MR) is 124 cm³/mol. The summed E-state index contributed by atoms with van der Waals surface area (Å²) in [7, 11) is 2.72. The first-order chi connectivity index (χ1) is 14.9. The molecule has 1 aliphatic heterocycles. The molecule has 0 aromatic rings. The van der Waals surface area contributed by atoms with Crippen LogP contribution in [0.3, 0.4) is 0 Å². The normalized spacial score (nSPS) is 22.2. The van der Waals surface area contributed by atoms with E-state index in [9.17, 15) is 14.4 Å². The van der Waals surface area contributed by atoms with Crippen LogP contribution < -0.4 is 0 Å². The number of esters is 3. The van der Waals surface area contributed by atoms with Gasteiger partial charge in [0.25, 0.3) is 0 Å². The molecule has 0 spiro atoms. The van der Waals surface area contributed by atoms with E-state index in [4.69, 9.17) is 9.47 Å². The van der Waals surface area contributed by atoms with E-state index in [0.29, 0.717) is 19.3 Å². The Labute approximate surface area is 191 Å². The smallest absolute Gasteiger partial charge is 0.323 e. The molecule has 0 aromatic heterocycles.